The van der Waals surface area contributed by atoms with E-state index < -0.39 is 0 Å². The number of fused-ring (bicyclic) bond motifs is 3. The van der Waals surface area contributed by atoms with E-state index in [4.69, 9.17) is 0 Å². The molecule has 0 aliphatic carbocycles. The number of nitrogens with zero attached hydrogens (tertiary/aromatic N) is 4. The molecule has 124 valence electrons. The molecule has 0 atom stereocenters. The van der Waals surface area contributed by atoms with Crippen molar-refractivity contribution < 1.29 is 4.39 Å². The number of pyridine rings is 2. The van der Waals surface area contributed by atoms with Crippen LogP contribution in [0.3, 0.4) is 0 Å². The normalized spacial score (nSPS) is 11.3. The van der Waals surface area contributed by atoms with Crippen LogP contribution in [0.5, 0.6) is 0 Å². The Morgan fingerprint density at radius 3 is 2.46 bits per heavy atom. The molecule has 0 saturated heterocycles. The molecule has 3 aromatic heterocycles. The molecule has 0 unspecified atom stereocenters. The lowest BCUT2D eigenvalue weighted by Gasteiger charge is -2.10. The third-order valence-corrected chi connectivity index (χ3v) is 4.51. The Kier molecular flexibility index (Phi) is 3.25. The smallest absolute Gasteiger partial charge is 0.123 e. The fourth-order valence-electron chi connectivity index (χ4n) is 3.32. The lowest BCUT2D eigenvalue weighted by molar-refractivity contribution is 0.627. The first kappa shape index (κ1) is 14.7. The molecule has 5 aromatic rings. The van der Waals surface area contributed by atoms with Gasteiger partial charge < -0.3 is 0 Å². The predicted molar refractivity (Wildman–Crippen MR) is 99.6 cm³/mol. The quantitative estimate of drug-likeness (QED) is 0.465. The summed E-state index contributed by atoms with van der Waals surface area (Å²) in [6, 6.07) is 14.4. The van der Waals surface area contributed by atoms with Crippen molar-refractivity contribution in [1.82, 2.24) is 19.7 Å². The molecule has 3 heterocycles. The molecule has 2 aromatic carbocycles. The van der Waals surface area contributed by atoms with Crippen molar-refractivity contribution in [2.45, 2.75) is 0 Å². The number of hydrogen-bond donors (Lipinski definition) is 0. The van der Waals surface area contributed by atoms with E-state index in [1.54, 1.807) is 24.5 Å². The molecule has 4 nitrogen and oxygen atoms in total. The molecule has 0 spiro atoms. The first-order chi connectivity index (χ1) is 12.8. The van der Waals surface area contributed by atoms with Crippen molar-refractivity contribution >= 4 is 21.7 Å². The van der Waals surface area contributed by atoms with E-state index in [2.05, 4.69) is 21.1 Å². The maximum absolute atomic E-state index is 13.3. The summed E-state index contributed by atoms with van der Waals surface area (Å²) in [5.74, 6) is -0.266. The molecule has 5 rings (SSSR count). The van der Waals surface area contributed by atoms with Gasteiger partial charge in [-0.05, 0) is 48.0 Å². The lowest BCUT2D eigenvalue weighted by Crippen LogP contribution is -1.97. The summed E-state index contributed by atoms with van der Waals surface area (Å²) in [7, 11) is 0. The summed E-state index contributed by atoms with van der Waals surface area (Å²) < 4.78 is 15.1. The van der Waals surface area contributed by atoms with Gasteiger partial charge in [0.25, 0.3) is 0 Å². The van der Waals surface area contributed by atoms with Gasteiger partial charge in [-0.15, -0.1) is 0 Å². The van der Waals surface area contributed by atoms with E-state index in [9.17, 15) is 4.39 Å². The highest BCUT2D eigenvalue weighted by molar-refractivity contribution is 6.12. The second-order valence-electron chi connectivity index (χ2n) is 6.06. The molecule has 0 fully saturated rings. The van der Waals surface area contributed by atoms with Gasteiger partial charge in [-0.2, -0.15) is 5.10 Å². The van der Waals surface area contributed by atoms with Crippen LogP contribution in [0.4, 0.5) is 4.39 Å². The molecule has 0 radical (unpaired) electrons. The monoisotopic (exact) mass is 340 g/mol. The topological polar surface area (TPSA) is 43.6 Å². The van der Waals surface area contributed by atoms with Gasteiger partial charge in [-0.3, -0.25) is 9.97 Å². The zero-order valence-electron chi connectivity index (χ0n) is 13.7. The number of benzene rings is 2. The Morgan fingerprint density at radius 2 is 1.65 bits per heavy atom. The van der Waals surface area contributed by atoms with Crippen LogP contribution in [0.2, 0.25) is 0 Å². The number of hydrogen-bond acceptors (Lipinski definition) is 3. The van der Waals surface area contributed by atoms with Crippen LogP contribution in [0, 0.1) is 5.82 Å². The van der Waals surface area contributed by atoms with E-state index in [0.29, 0.717) is 0 Å². The molecule has 0 aliphatic rings. The lowest BCUT2D eigenvalue weighted by atomic mass is 9.98. The molecule has 0 saturated carbocycles. The minimum absolute atomic E-state index is 0.266. The van der Waals surface area contributed by atoms with Gasteiger partial charge in [0.15, 0.2) is 0 Å². The van der Waals surface area contributed by atoms with Crippen LogP contribution >= 0.6 is 0 Å². The molecule has 0 amide bonds. The van der Waals surface area contributed by atoms with Gasteiger partial charge >= 0.3 is 0 Å². The SMILES string of the molecule is Fc1ccc(-n2ncc3cc(-c4cccnc4)c4cnccc4c32)cc1. The minimum Gasteiger partial charge on any atom is -0.264 e. The fraction of sp³-hybridized carbons (Fsp3) is 0. The summed E-state index contributed by atoms with van der Waals surface area (Å²) in [6.07, 6.45) is 9.07. The molecule has 0 N–H and O–H groups in total. The van der Waals surface area contributed by atoms with Crippen LogP contribution in [-0.4, -0.2) is 19.7 Å². The van der Waals surface area contributed by atoms with E-state index >= 15 is 0 Å². The Labute approximate surface area is 148 Å². The van der Waals surface area contributed by atoms with Crippen molar-refractivity contribution in [1.29, 1.82) is 0 Å². The molecule has 26 heavy (non-hydrogen) atoms. The first-order valence-corrected chi connectivity index (χ1v) is 8.22. The van der Waals surface area contributed by atoms with Gasteiger partial charge in [-0.25, -0.2) is 9.07 Å². The Hall–Kier alpha value is -3.60. The first-order valence-electron chi connectivity index (χ1n) is 8.22. The average Bonchev–Trinajstić information content (AvgIpc) is 3.13. The highest BCUT2D eigenvalue weighted by Gasteiger charge is 2.14. The zero-order valence-corrected chi connectivity index (χ0v) is 13.7. The Bertz CT molecular complexity index is 1230. The van der Waals surface area contributed by atoms with Crippen LogP contribution in [0.15, 0.2) is 79.5 Å². The van der Waals surface area contributed by atoms with Crippen molar-refractivity contribution in [2.24, 2.45) is 0 Å². The van der Waals surface area contributed by atoms with Crippen LogP contribution in [0.1, 0.15) is 0 Å². The highest BCUT2D eigenvalue weighted by atomic mass is 19.1. The van der Waals surface area contributed by atoms with Crippen LogP contribution < -0.4 is 0 Å². The predicted octanol–water partition coefficient (Wildman–Crippen LogP) is 4.77. The number of halogens is 1. The highest BCUT2D eigenvalue weighted by Crippen LogP contribution is 2.34. The Balaban J connectivity index is 1.86. The van der Waals surface area contributed by atoms with Gasteiger partial charge in [0, 0.05) is 46.5 Å². The Morgan fingerprint density at radius 1 is 0.808 bits per heavy atom. The van der Waals surface area contributed by atoms with E-state index in [1.807, 2.05) is 41.5 Å². The molecule has 5 heteroatoms. The third kappa shape index (κ3) is 2.25. The summed E-state index contributed by atoms with van der Waals surface area (Å²) in [5.41, 5.74) is 3.88. The minimum atomic E-state index is -0.266. The molecular weight excluding hydrogens is 327 g/mol. The van der Waals surface area contributed by atoms with Crippen molar-refractivity contribution in [3.8, 4) is 16.8 Å². The zero-order chi connectivity index (χ0) is 17.5. The summed E-state index contributed by atoms with van der Waals surface area (Å²) in [5, 5.41) is 7.61. The van der Waals surface area contributed by atoms with Crippen molar-refractivity contribution in [3.05, 3.63) is 85.3 Å². The summed E-state index contributed by atoms with van der Waals surface area (Å²) in [6.45, 7) is 0. The van der Waals surface area contributed by atoms with E-state index in [-0.39, 0.29) is 5.82 Å². The largest absolute Gasteiger partial charge is 0.264 e. The van der Waals surface area contributed by atoms with Crippen LogP contribution in [-0.2, 0) is 0 Å². The van der Waals surface area contributed by atoms with Gasteiger partial charge in [-0.1, -0.05) is 6.07 Å². The molecule has 0 aliphatic heterocycles. The van der Waals surface area contributed by atoms with E-state index in [1.165, 1.54) is 12.1 Å². The van der Waals surface area contributed by atoms with Crippen molar-refractivity contribution in [3.63, 3.8) is 0 Å². The maximum atomic E-state index is 13.3. The summed E-state index contributed by atoms with van der Waals surface area (Å²) in [4.78, 5) is 8.54. The van der Waals surface area contributed by atoms with Gasteiger partial charge in [0.1, 0.15) is 5.82 Å². The second-order valence-corrected chi connectivity index (χ2v) is 6.06. The number of rotatable bonds is 2. The van der Waals surface area contributed by atoms with Gasteiger partial charge in [0.2, 0.25) is 0 Å². The average molecular weight is 340 g/mol. The fourth-order valence-corrected chi connectivity index (χ4v) is 3.32. The number of aromatic nitrogens is 4. The van der Waals surface area contributed by atoms with Crippen molar-refractivity contribution in [2.75, 3.05) is 0 Å². The third-order valence-electron chi connectivity index (χ3n) is 4.51. The van der Waals surface area contributed by atoms with Gasteiger partial charge in [0.05, 0.1) is 17.4 Å². The molecular formula is C21H13FN4. The maximum Gasteiger partial charge on any atom is 0.123 e. The molecule has 0 bridgehead atoms. The van der Waals surface area contributed by atoms with Crippen LogP contribution in [0.25, 0.3) is 38.5 Å². The second kappa shape index (κ2) is 5.74. The standard InChI is InChI=1S/C21H13FN4/c22-16-3-5-17(6-4-16)26-21-15(12-25-26)10-19(14-2-1-8-23-11-14)20-13-24-9-7-18(20)21/h1-13H. The summed E-state index contributed by atoms with van der Waals surface area (Å²) >= 11 is 0. The van der Waals surface area contributed by atoms with E-state index in [0.717, 1.165) is 38.5 Å².